The third kappa shape index (κ3) is 5.20. The van der Waals surface area contributed by atoms with Gasteiger partial charge in [-0.15, -0.1) is 0 Å². The maximum atomic E-state index is 12.3. The van der Waals surface area contributed by atoms with Crippen molar-refractivity contribution in [1.29, 1.82) is 0 Å². The molecule has 1 fully saturated rings. The molecule has 0 radical (unpaired) electrons. The summed E-state index contributed by atoms with van der Waals surface area (Å²) >= 11 is 0. The zero-order valence-electron chi connectivity index (χ0n) is 13.3. The van der Waals surface area contributed by atoms with Crippen LogP contribution in [-0.2, 0) is 4.74 Å². The smallest absolute Gasteiger partial charge is 0.339 e. The Morgan fingerprint density at radius 3 is 2.45 bits per heavy atom. The molecule has 1 N–H and O–H groups in total. The van der Waals surface area contributed by atoms with Gasteiger partial charge >= 0.3 is 5.97 Å². The molecule has 0 unspecified atom stereocenters. The Bertz CT molecular complexity index is 540. The quantitative estimate of drug-likeness (QED) is 0.686. The van der Waals surface area contributed by atoms with E-state index in [9.17, 15) is 9.90 Å². The molecule has 1 aromatic carbocycles. The van der Waals surface area contributed by atoms with E-state index in [1.54, 1.807) is 26.0 Å². The van der Waals surface area contributed by atoms with Crippen LogP contribution in [0.5, 0.6) is 0 Å². The summed E-state index contributed by atoms with van der Waals surface area (Å²) in [6.07, 6.45) is 5.12. The van der Waals surface area contributed by atoms with Crippen LogP contribution in [0, 0.1) is 17.8 Å². The van der Waals surface area contributed by atoms with Gasteiger partial charge in [-0.2, -0.15) is 0 Å². The number of esters is 1. The molecule has 3 nitrogen and oxygen atoms in total. The van der Waals surface area contributed by atoms with Gasteiger partial charge in [-0.3, -0.25) is 0 Å². The van der Waals surface area contributed by atoms with E-state index in [2.05, 4.69) is 11.8 Å². The number of aliphatic hydroxyl groups is 1. The lowest BCUT2D eigenvalue weighted by atomic mass is 9.85. The molecule has 1 saturated carbocycles. The predicted octanol–water partition coefficient (Wildman–Crippen LogP) is 3.57. The van der Waals surface area contributed by atoms with Crippen molar-refractivity contribution < 1.29 is 14.6 Å². The summed E-state index contributed by atoms with van der Waals surface area (Å²) in [5, 5.41) is 9.80. The van der Waals surface area contributed by atoms with Crippen LogP contribution < -0.4 is 0 Å². The molecule has 0 aromatic heterocycles. The SMILES string of the molecule is CC(C)(O)C#C[C@@H](OC(=O)c1ccccc1)C1CCCCC1. The summed E-state index contributed by atoms with van der Waals surface area (Å²) < 4.78 is 5.65. The van der Waals surface area contributed by atoms with Gasteiger partial charge in [0.1, 0.15) is 5.60 Å². The van der Waals surface area contributed by atoms with Crippen LogP contribution in [0.15, 0.2) is 30.3 Å². The Balaban J connectivity index is 2.12. The van der Waals surface area contributed by atoms with Gasteiger partial charge < -0.3 is 9.84 Å². The number of hydrogen-bond acceptors (Lipinski definition) is 3. The second-order valence-corrected chi connectivity index (χ2v) is 6.42. The molecule has 0 bridgehead atoms. The first-order valence-electron chi connectivity index (χ1n) is 7.97. The highest BCUT2D eigenvalue weighted by atomic mass is 16.5. The van der Waals surface area contributed by atoms with Crippen LogP contribution in [0.25, 0.3) is 0 Å². The predicted molar refractivity (Wildman–Crippen MR) is 86.3 cm³/mol. The van der Waals surface area contributed by atoms with Gasteiger partial charge in [0, 0.05) is 5.92 Å². The normalized spacial score (nSPS) is 17.2. The number of hydrogen-bond donors (Lipinski definition) is 1. The molecule has 1 aliphatic carbocycles. The number of carbonyl (C=O) groups is 1. The van der Waals surface area contributed by atoms with Gasteiger partial charge in [-0.25, -0.2) is 4.79 Å². The molecule has 1 aromatic rings. The molecule has 118 valence electrons. The molecule has 2 rings (SSSR count). The van der Waals surface area contributed by atoms with Gasteiger partial charge in [-0.05, 0) is 38.8 Å². The van der Waals surface area contributed by atoms with Gasteiger partial charge in [0.25, 0.3) is 0 Å². The van der Waals surface area contributed by atoms with Crippen molar-refractivity contribution in [1.82, 2.24) is 0 Å². The van der Waals surface area contributed by atoms with E-state index in [1.807, 2.05) is 18.2 Å². The first kappa shape index (κ1) is 16.6. The van der Waals surface area contributed by atoms with Crippen molar-refractivity contribution >= 4 is 5.97 Å². The van der Waals surface area contributed by atoms with E-state index in [1.165, 1.54) is 6.42 Å². The Labute approximate surface area is 132 Å². The largest absolute Gasteiger partial charge is 0.445 e. The highest BCUT2D eigenvalue weighted by molar-refractivity contribution is 5.89. The molecule has 0 aliphatic heterocycles. The number of ether oxygens (including phenoxy) is 1. The topological polar surface area (TPSA) is 46.5 Å². The molecule has 0 heterocycles. The molecule has 0 spiro atoms. The standard InChI is InChI=1S/C19H24O3/c1-19(2,21)14-13-17(15-9-5-3-6-10-15)22-18(20)16-11-7-4-8-12-16/h4,7-8,11-12,15,17,21H,3,5-6,9-10H2,1-2H3/t17-/m1/s1. The Kier molecular flexibility index (Phi) is 5.63. The number of benzene rings is 1. The fourth-order valence-corrected chi connectivity index (χ4v) is 2.69. The van der Waals surface area contributed by atoms with Gasteiger partial charge in [0.05, 0.1) is 5.56 Å². The average Bonchev–Trinajstić information content (AvgIpc) is 2.52. The lowest BCUT2D eigenvalue weighted by Crippen LogP contribution is -2.28. The van der Waals surface area contributed by atoms with E-state index in [0.29, 0.717) is 5.56 Å². The third-order valence-corrected chi connectivity index (χ3v) is 3.84. The second-order valence-electron chi connectivity index (χ2n) is 6.42. The lowest BCUT2D eigenvalue weighted by molar-refractivity contribution is 0.0249. The molecule has 0 amide bonds. The van der Waals surface area contributed by atoms with Crippen molar-refractivity contribution in [2.75, 3.05) is 0 Å². The van der Waals surface area contributed by atoms with Crippen LogP contribution in [-0.4, -0.2) is 22.8 Å². The molecule has 3 heteroatoms. The van der Waals surface area contributed by atoms with Gasteiger partial charge in [0.15, 0.2) is 6.10 Å². The average molecular weight is 300 g/mol. The molecular formula is C19H24O3. The maximum absolute atomic E-state index is 12.3. The van der Waals surface area contributed by atoms with E-state index in [4.69, 9.17) is 4.74 Å². The fraction of sp³-hybridized carbons (Fsp3) is 0.526. The van der Waals surface area contributed by atoms with Crippen molar-refractivity contribution in [3.05, 3.63) is 35.9 Å². The zero-order chi connectivity index (χ0) is 16.0. The van der Waals surface area contributed by atoms with Crippen LogP contribution in [0.4, 0.5) is 0 Å². The number of carbonyl (C=O) groups excluding carboxylic acids is 1. The summed E-state index contributed by atoms with van der Waals surface area (Å²) in [4.78, 5) is 12.3. The summed E-state index contributed by atoms with van der Waals surface area (Å²) in [5.74, 6) is 5.71. The third-order valence-electron chi connectivity index (χ3n) is 3.84. The van der Waals surface area contributed by atoms with Crippen LogP contribution >= 0.6 is 0 Å². The van der Waals surface area contributed by atoms with Gasteiger partial charge in [0.2, 0.25) is 0 Å². The molecule has 1 atom stereocenters. The summed E-state index contributed by atoms with van der Waals surface area (Å²) in [5.41, 5.74) is -0.542. The lowest BCUT2D eigenvalue weighted by Gasteiger charge is -2.27. The maximum Gasteiger partial charge on any atom is 0.339 e. The van der Waals surface area contributed by atoms with Crippen LogP contribution in [0.1, 0.15) is 56.3 Å². The van der Waals surface area contributed by atoms with E-state index in [-0.39, 0.29) is 11.9 Å². The molecular weight excluding hydrogens is 276 g/mol. The first-order chi connectivity index (χ1) is 10.5. The van der Waals surface area contributed by atoms with Gasteiger partial charge in [-0.1, -0.05) is 49.3 Å². The van der Waals surface area contributed by atoms with E-state index >= 15 is 0 Å². The fourth-order valence-electron chi connectivity index (χ4n) is 2.69. The first-order valence-corrected chi connectivity index (χ1v) is 7.97. The van der Waals surface area contributed by atoms with Crippen LogP contribution in [0.3, 0.4) is 0 Å². The Hall–Kier alpha value is -1.79. The Morgan fingerprint density at radius 2 is 1.86 bits per heavy atom. The monoisotopic (exact) mass is 300 g/mol. The summed E-state index contributed by atoms with van der Waals surface area (Å²) in [7, 11) is 0. The second kappa shape index (κ2) is 7.47. The van der Waals surface area contributed by atoms with E-state index < -0.39 is 11.7 Å². The summed E-state index contributed by atoms with van der Waals surface area (Å²) in [6, 6.07) is 8.97. The van der Waals surface area contributed by atoms with Crippen LogP contribution in [0.2, 0.25) is 0 Å². The zero-order valence-corrected chi connectivity index (χ0v) is 13.3. The molecule has 22 heavy (non-hydrogen) atoms. The highest BCUT2D eigenvalue weighted by Gasteiger charge is 2.26. The minimum Gasteiger partial charge on any atom is -0.445 e. The number of rotatable bonds is 3. The van der Waals surface area contributed by atoms with E-state index in [0.717, 1.165) is 25.7 Å². The molecule has 1 aliphatic rings. The summed E-state index contributed by atoms with van der Waals surface area (Å²) in [6.45, 7) is 3.27. The highest BCUT2D eigenvalue weighted by Crippen LogP contribution is 2.28. The Morgan fingerprint density at radius 1 is 1.23 bits per heavy atom. The minimum absolute atomic E-state index is 0.260. The molecule has 0 saturated heterocycles. The van der Waals surface area contributed by atoms with Crippen molar-refractivity contribution in [3.8, 4) is 11.8 Å². The van der Waals surface area contributed by atoms with Crippen molar-refractivity contribution in [2.45, 2.75) is 57.7 Å². The van der Waals surface area contributed by atoms with Crippen molar-refractivity contribution in [2.24, 2.45) is 5.92 Å². The van der Waals surface area contributed by atoms with Crippen molar-refractivity contribution in [3.63, 3.8) is 0 Å². The minimum atomic E-state index is -1.08.